The van der Waals surface area contributed by atoms with Crippen molar-refractivity contribution in [3.8, 4) is 0 Å². The summed E-state index contributed by atoms with van der Waals surface area (Å²) in [6, 6.07) is -1.64. The van der Waals surface area contributed by atoms with Crippen LogP contribution in [0.25, 0.3) is 0 Å². The average Bonchev–Trinajstić information content (AvgIpc) is 2.85. The van der Waals surface area contributed by atoms with Gasteiger partial charge >= 0.3 is 6.03 Å². The third-order valence-corrected chi connectivity index (χ3v) is 6.57. The number of nitrogens with zero attached hydrogens (tertiary/aromatic N) is 4. The number of piperidine rings is 1. The summed E-state index contributed by atoms with van der Waals surface area (Å²) in [6.45, 7) is 1.15. The molecule has 1 aromatic rings. The summed E-state index contributed by atoms with van der Waals surface area (Å²) in [5.74, 6) is -1.06. The number of carbonyl (C=O) groups is 4. The van der Waals surface area contributed by atoms with E-state index in [1.165, 1.54) is 30.0 Å². The van der Waals surface area contributed by atoms with Crippen LogP contribution >= 0.6 is 0 Å². The number of piperazine rings is 1. The highest BCUT2D eigenvalue weighted by Gasteiger charge is 2.39. The monoisotopic (exact) mass is 457 g/mol. The number of nitrogens with one attached hydrogen (secondary N) is 3. The minimum atomic E-state index is -0.918. The van der Waals surface area contributed by atoms with Gasteiger partial charge in [0.1, 0.15) is 18.4 Å². The minimum Gasteiger partial charge on any atom is -0.354 e. The molecule has 11 nitrogen and oxygen atoms in total. The third kappa shape index (κ3) is 5.58. The third-order valence-electron chi connectivity index (χ3n) is 6.57. The first-order valence-corrected chi connectivity index (χ1v) is 11.7. The summed E-state index contributed by atoms with van der Waals surface area (Å²) in [6.07, 6.45) is 10.7. The van der Waals surface area contributed by atoms with Crippen LogP contribution in [0.5, 0.6) is 0 Å². The first kappa shape index (κ1) is 22.9. The van der Waals surface area contributed by atoms with Gasteiger partial charge in [0.2, 0.25) is 11.8 Å². The number of carbonyl (C=O) groups excluding carboxylic acids is 4. The molecule has 33 heavy (non-hydrogen) atoms. The van der Waals surface area contributed by atoms with Gasteiger partial charge in [-0.1, -0.05) is 19.3 Å². The van der Waals surface area contributed by atoms with E-state index in [0.29, 0.717) is 19.5 Å². The normalized spacial score (nSPS) is 24.1. The van der Waals surface area contributed by atoms with Gasteiger partial charge in [-0.05, 0) is 25.7 Å². The van der Waals surface area contributed by atoms with E-state index in [2.05, 4.69) is 25.9 Å². The van der Waals surface area contributed by atoms with E-state index < -0.39 is 18.0 Å². The molecule has 5 amide bonds. The minimum absolute atomic E-state index is 0.0537. The average molecular weight is 458 g/mol. The van der Waals surface area contributed by atoms with Crippen LogP contribution < -0.4 is 16.0 Å². The summed E-state index contributed by atoms with van der Waals surface area (Å²) < 4.78 is 0. The van der Waals surface area contributed by atoms with Crippen LogP contribution in [0.2, 0.25) is 0 Å². The summed E-state index contributed by atoms with van der Waals surface area (Å²) >= 11 is 0. The first-order valence-electron chi connectivity index (χ1n) is 11.7. The molecule has 2 unspecified atom stereocenters. The number of hydrogen-bond donors (Lipinski definition) is 3. The van der Waals surface area contributed by atoms with E-state index >= 15 is 0 Å². The van der Waals surface area contributed by atoms with Gasteiger partial charge in [0.25, 0.3) is 5.91 Å². The van der Waals surface area contributed by atoms with Crippen molar-refractivity contribution in [3.63, 3.8) is 0 Å². The van der Waals surface area contributed by atoms with Gasteiger partial charge in [0, 0.05) is 38.1 Å². The van der Waals surface area contributed by atoms with Crippen LogP contribution in [-0.4, -0.2) is 87.8 Å². The van der Waals surface area contributed by atoms with Gasteiger partial charge in [-0.2, -0.15) is 0 Å². The fourth-order valence-electron chi connectivity index (χ4n) is 4.70. The Morgan fingerprint density at radius 2 is 1.73 bits per heavy atom. The molecular formula is C22H31N7O4. The molecule has 2 aliphatic heterocycles. The highest BCUT2D eigenvalue weighted by Crippen LogP contribution is 2.19. The Balaban J connectivity index is 1.48. The molecule has 3 fully saturated rings. The lowest BCUT2D eigenvalue weighted by Crippen LogP contribution is -2.64. The maximum absolute atomic E-state index is 13.2. The second kappa shape index (κ2) is 10.6. The van der Waals surface area contributed by atoms with Crippen LogP contribution in [0.4, 0.5) is 4.79 Å². The number of urea groups is 1. The molecule has 0 bridgehead atoms. The van der Waals surface area contributed by atoms with Crippen molar-refractivity contribution in [2.45, 2.75) is 63.1 Å². The topological polar surface area (TPSA) is 137 Å². The Hall–Kier alpha value is -3.24. The molecule has 0 radical (unpaired) electrons. The van der Waals surface area contributed by atoms with E-state index in [4.69, 9.17) is 0 Å². The van der Waals surface area contributed by atoms with Gasteiger partial charge in [0.15, 0.2) is 0 Å². The van der Waals surface area contributed by atoms with Gasteiger partial charge < -0.3 is 25.8 Å². The molecule has 1 saturated carbocycles. The zero-order valence-electron chi connectivity index (χ0n) is 18.7. The van der Waals surface area contributed by atoms with Crippen molar-refractivity contribution in [1.82, 2.24) is 35.7 Å². The maximum Gasteiger partial charge on any atom is 0.317 e. The number of aromatic nitrogens is 2. The molecule has 0 spiro atoms. The van der Waals surface area contributed by atoms with E-state index in [0.717, 1.165) is 32.1 Å². The van der Waals surface area contributed by atoms with Crippen molar-refractivity contribution >= 4 is 23.8 Å². The predicted octanol–water partition coefficient (Wildman–Crippen LogP) is 0.0401. The lowest BCUT2D eigenvalue weighted by molar-refractivity contribution is -0.133. The smallest absolute Gasteiger partial charge is 0.317 e. The van der Waals surface area contributed by atoms with Crippen LogP contribution in [0, 0.1) is 0 Å². The Morgan fingerprint density at radius 1 is 0.970 bits per heavy atom. The molecular weight excluding hydrogens is 426 g/mol. The van der Waals surface area contributed by atoms with Crippen LogP contribution in [0.3, 0.4) is 0 Å². The molecule has 3 N–H and O–H groups in total. The van der Waals surface area contributed by atoms with Crippen molar-refractivity contribution in [1.29, 1.82) is 0 Å². The molecule has 11 heteroatoms. The lowest BCUT2D eigenvalue weighted by Gasteiger charge is -2.41. The molecule has 3 heterocycles. The van der Waals surface area contributed by atoms with Gasteiger partial charge in [-0.3, -0.25) is 14.4 Å². The Bertz CT molecular complexity index is 875. The number of hydrogen-bond acceptors (Lipinski definition) is 6. The molecule has 1 aliphatic carbocycles. The summed E-state index contributed by atoms with van der Waals surface area (Å²) in [5, 5.41) is 8.61. The Labute approximate surface area is 192 Å². The number of rotatable bonds is 4. The molecule has 4 rings (SSSR count). The zero-order valence-corrected chi connectivity index (χ0v) is 18.7. The molecule has 2 atom stereocenters. The van der Waals surface area contributed by atoms with Gasteiger partial charge in [-0.25, -0.2) is 14.8 Å². The standard InChI is InChI=1S/C22H31N7O4/c30-19-17(7-4-8-25-19)27-20(31)18-13-28(22(33)26-16-5-2-1-3-6-16)9-10-29(18)21(32)15-11-23-14-24-12-15/h11-12,14,16-18H,1-10,13H2,(H,25,30)(H,26,33)(H,27,31). The van der Waals surface area contributed by atoms with Crippen molar-refractivity contribution in [3.05, 3.63) is 24.3 Å². The highest BCUT2D eigenvalue weighted by molar-refractivity contribution is 5.98. The quantitative estimate of drug-likeness (QED) is 0.584. The first-order chi connectivity index (χ1) is 16.0. The van der Waals surface area contributed by atoms with E-state index in [9.17, 15) is 19.2 Å². The fourth-order valence-corrected chi connectivity index (χ4v) is 4.70. The molecule has 1 aromatic heterocycles. The molecule has 178 valence electrons. The summed E-state index contributed by atoms with van der Waals surface area (Å²) in [7, 11) is 0. The van der Waals surface area contributed by atoms with E-state index in [1.54, 1.807) is 4.90 Å². The highest BCUT2D eigenvalue weighted by atomic mass is 16.2. The molecule has 3 aliphatic rings. The number of amides is 5. The van der Waals surface area contributed by atoms with Crippen molar-refractivity contribution in [2.24, 2.45) is 0 Å². The second-order valence-electron chi connectivity index (χ2n) is 8.87. The SMILES string of the molecule is O=C1NCCCC1NC(=O)C1CN(C(=O)NC2CCCCC2)CCN1C(=O)c1cncnc1. The summed E-state index contributed by atoms with van der Waals surface area (Å²) in [4.78, 5) is 62.3. The fraction of sp³-hybridized carbons (Fsp3) is 0.636. The summed E-state index contributed by atoms with van der Waals surface area (Å²) in [5.41, 5.74) is 0.269. The lowest BCUT2D eigenvalue weighted by atomic mass is 9.96. The maximum atomic E-state index is 13.2. The Kier molecular flexibility index (Phi) is 7.36. The predicted molar refractivity (Wildman–Crippen MR) is 118 cm³/mol. The molecule has 2 saturated heterocycles. The van der Waals surface area contributed by atoms with E-state index in [1.807, 2.05) is 0 Å². The van der Waals surface area contributed by atoms with E-state index in [-0.39, 0.29) is 42.5 Å². The van der Waals surface area contributed by atoms with Crippen molar-refractivity contribution in [2.75, 3.05) is 26.2 Å². The Morgan fingerprint density at radius 3 is 2.45 bits per heavy atom. The van der Waals surface area contributed by atoms with Gasteiger partial charge in [0.05, 0.1) is 12.1 Å². The largest absolute Gasteiger partial charge is 0.354 e. The van der Waals surface area contributed by atoms with Crippen LogP contribution in [0.15, 0.2) is 18.7 Å². The van der Waals surface area contributed by atoms with Crippen LogP contribution in [0.1, 0.15) is 55.3 Å². The van der Waals surface area contributed by atoms with Gasteiger partial charge in [-0.15, -0.1) is 0 Å². The van der Waals surface area contributed by atoms with Crippen LogP contribution in [-0.2, 0) is 9.59 Å². The zero-order chi connectivity index (χ0) is 23.2. The second-order valence-corrected chi connectivity index (χ2v) is 8.87. The van der Waals surface area contributed by atoms with Crippen molar-refractivity contribution < 1.29 is 19.2 Å². The molecule has 0 aromatic carbocycles.